The zero-order valence-electron chi connectivity index (χ0n) is 29.0. The van der Waals surface area contributed by atoms with Gasteiger partial charge in [0.25, 0.3) is 0 Å². The lowest BCUT2D eigenvalue weighted by atomic mass is 9.94. The van der Waals surface area contributed by atoms with Crippen LogP contribution in [0.5, 0.6) is 0 Å². The molecule has 5 heteroatoms. The summed E-state index contributed by atoms with van der Waals surface area (Å²) in [5.41, 5.74) is 5.32. The van der Waals surface area contributed by atoms with Crippen LogP contribution in [-0.2, 0) is 0 Å². The molecule has 0 saturated carbocycles. The van der Waals surface area contributed by atoms with Crippen LogP contribution in [0.15, 0.2) is 176 Å². The molecule has 0 unspecified atom stereocenters. The van der Waals surface area contributed by atoms with Crippen LogP contribution in [0.1, 0.15) is 0 Å². The lowest BCUT2D eigenvalue weighted by Gasteiger charge is -2.15. The van der Waals surface area contributed by atoms with Crippen LogP contribution in [0.25, 0.3) is 110 Å². The van der Waals surface area contributed by atoms with Gasteiger partial charge in [-0.05, 0) is 55.9 Å². The standard InChI is InChI=1S/C49H29N5/c1-3-14-33-27-35(23-21-30(33)11-1)47-52-48(36-24-22-31-12-2-4-15-34(31)28-36)54-49(53-47)46-39-18-8-7-17-38(39)42(29-50-46)45-41-26-25-32-13-5-6-16-37(32)44(41)40-19-9-10-20-43(40)51-45/h1-29H. The van der Waals surface area contributed by atoms with Gasteiger partial charge in [0.2, 0.25) is 0 Å². The van der Waals surface area contributed by atoms with E-state index in [0.29, 0.717) is 23.2 Å². The van der Waals surface area contributed by atoms with Crippen LogP contribution in [0, 0.1) is 0 Å². The first-order valence-corrected chi connectivity index (χ1v) is 18.1. The van der Waals surface area contributed by atoms with E-state index in [9.17, 15) is 0 Å². The zero-order valence-corrected chi connectivity index (χ0v) is 29.0. The highest BCUT2D eigenvalue weighted by atomic mass is 15.0. The van der Waals surface area contributed by atoms with Crippen molar-refractivity contribution in [3.05, 3.63) is 176 Å². The van der Waals surface area contributed by atoms with Gasteiger partial charge in [-0.25, -0.2) is 19.9 Å². The van der Waals surface area contributed by atoms with E-state index in [1.807, 2.05) is 12.3 Å². The first-order chi connectivity index (χ1) is 26.7. The molecule has 8 aromatic carbocycles. The highest BCUT2D eigenvalue weighted by Crippen LogP contribution is 2.40. The molecule has 0 amide bonds. The number of rotatable bonds is 4. The van der Waals surface area contributed by atoms with Gasteiger partial charge in [-0.2, -0.15) is 0 Å². The molecule has 3 heterocycles. The van der Waals surface area contributed by atoms with Crippen molar-refractivity contribution in [2.45, 2.75) is 0 Å². The van der Waals surface area contributed by atoms with Crippen molar-refractivity contribution < 1.29 is 0 Å². The average molecular weight is 688 g/mol. The Morgan fingerprint density at radius 3 is 1.52 bits per heavy atom. The molecule has 3 aromatic heterocycles. The fourth-order valence-electron chi connectivity index (χ4n) is 7.88. The van der Waals surface area contributed by atoms with Gasteiger partial charge in [0.05, 0.1) is 11.2 Å². The van der Waals surface area contributed by atoms with Gasteiger partial charge < -0.3 is 0 Å². The molecule has 11 aromatic rings. The Balaban J connectivity index is 1.15. The third-order valence-corrected chi connectivity index (χ3v) is 10.5. The Labute approximate surface area is 310 Å². The highest BCUT2D eigenvalue weighted by molar-refractivity contribution is 6.23. The molecule has 5 nitrogen and oxygen atoms in total. The molecule has 11 rings (SSSR count). The van der Waals surface area contributed by atoms with Crippen LogP contribution in [0.4, 0.5) is 0 Å². The number of fused-ring (bicyclic) bond motifs is 8. The van der Waals surface area contributed by atoms with Crippen molar-refractivity contribution in [2.24, 2.45) is 0 Å². The average Bonchev–Trinajstić information content (AvgIpc) is 3.25. The third-order valence-electron chi connectivity index (χ3n) is 10.5. The van der Waals surface area contributed by atoms with E-state index < -0.39 is 0 Å². The number of nitrogens with zero attached hydrogens (tertiary/aromatic N) is 5. The van der Waals surface area contributed by atoms with Crippen molar-refractivity contribution >= 4 is 64.8 Å². The number of benzene rings is 8. The zero-order chi connectivity index (χ0) is 35.6. The summed E-state index contributed by atoms with van der Waals surface area (Å²) in [4.78, 5) is 25.9. The number of hydrogen-bond donors (Lipinski definition) is 0. The highest BCUT2D eigenvalue weighted by Gasteiger charge is 2.20. The van der Waals surface area contributed by atoms with Crippen LogP contribution in [-0.4, -0.2) is 24.9 Å². The first-order valence-electron chi connectivity index (χ1n) is 18.1. The predicted molar refractivity (Wildman–Crippen MR) is 222 cm³/mol. The summed E-state index contributed by atoms with van der Waals surface area (Å²) in [5, 5.41) is 12.4. The monoisotopic (exact) mass is 687 g/mol. The van der Waals surface area contributed by atoms with Gasteiger partial charge in [0.1, 0.15) is 5.69 Å². The third kappa shape index (κ3) is 4.90. The van der Waals surface area contributed by atoms with Crippen molar-refractivity contribution in [2.75, 3.05) is 0 Å². The molecule has 0 spiro atoms. The quantitative estimate of drug-likeness (QED) is 0.172. The summed E-state index contributed by atoms with van der Waals surface area (Å²) >= 11 is 0. The second-order valence-corrected chi connectivity index (χ2v) is 13.7. The maximum absolute atomic E-state index is 5.31. The van der Waals surface area contributed by atoms with Gasteiger partial charge in [0, 0.05) is 44.4 Å². The van der Waals surface area contributed by atoms with Gasteiger partial charge in [-0.1, -0.05) is 152 Å². The number of aromatic nitrogens is 5. The molecular weight excluding hydrogens is 659 g/mol. The minimum absolute atomic E-state index is 0.515. The first kappa shape index (κ1) is 30.3. The summed E-state index contributed by atoms with van der Waals surface area (Å²) in [6, 6.07) is 59.1. The Bertz CT molecular complexity index is 3180. The van der Waals surface area contributed by atoms with E-state index in [0.717, 1.165) is 71.0 Å². The molecule has 0 radical (unpaired) electrons. The molecule has 0 fully saturated rings. The lowest BCUT2D eigenvalue weighted by Crippen LogP contribution is -2.02. The number of para-hydroxylation sites is 1. The second kappa shape index (κ2) is 12.1. The number of pyridine rings is 2. The summed E-state index contributed by atoms with van der Waals surface area (Å²) in [6.07, 6.45) is 1.94. The Hall–Kier alpha value is -7.37. The molecule has 0 N–H and O–H groups in total. The molecule has 0 aliphatic carbocycles. The minimum Gasteiger partial charge on any atom is -0.252 e. The molecule has 0 bridgehead atoms. The van der Waals surface area contributed by atoms with Gasteiger partial charge in [-0.3, -0.25) is 4.98 Å². The van der Waals surface area contributed by atoms with Crippen molar-refractivity contribution in [3.8, 4) is 45.6 Å². The molecule has 54 heavy (non-hydrogen) atoms. The summed E-state index contributed by atoms with van der Waals surface area (Å²) in [5.74, 6) is 1.71. The van der Waals surface area contributed by atoms with E-state index in [2.05, 4.69) is 164 Å². The SMILES string of the molecule is c1ccc2cc(-c3nc(-c4ccc5ccccc5c4)nc(-c4ncc(-c5nc6ccccc6c6c5ccc5ccccc56)c5ccccc45)n3)ccc2c1. The van der Waals surface area contributed by atoms with Gasteiger partial charge in [-0.15, -0.1) is 0 Å². The Kier molecular flexibility index (Phi) is 6.79. The molecule has 250 valence electrons. The van der Waals surface area contributed by atoms with Gasteiger partial charge >= 0.3 is 0 Å². The van der Waals surface area contributed by atoms with E-state index in [4.69, 9.17) is 24.9 Å². The fraction of sp³-hybridized carbons (Fsp3) is 0. The van der Waals surface area contributed by atoms with Crippen molar-refractivity contribution in [1.82, 2.24) is 24.9 Å². The summed E-state index contributed by atoms with van der Waals surface area (Å²) in [6.45, 7) is 0. The number of hydrogen-bond acceptors (Lipinski definition) is 5. The van der Waals surface area contributed by atoms with E-state index in [-0.39, 0.29) is 0 Å². The normalized spacial score (nSPS) is 11.7. The molecule has 0 aliphatic heterocycles. The largest absolute Gasteiger partial charge is 0.252 e. The van der Waals surface area contributed by atoms with Crippen LogP contribution in [0.3, 0.4) is 0 Å². The van der Waals surface area contributed by atoms with Crippen LogP contribution in [0.2, 0.25) is 0 Å². The van der Waals surface area contributed by atoms with E-state index in [1.54, 1.807) is 0 Å². The fourth-order valence-corrected chi connectivity index (χ4v) is 7.88. The summed E-state index contributed by atoms with van der Waals surface area (Å²) in [7, 11) is 0. The smallest absolute Gasteiger partial charge is 0.183 e. The molecular formula is C49H29N5. The van der Waals surface area contributed by atoms with Crippen molar-refractivity contribution in [1.29, 1.82) is 0 Å². The topological polar surface area (TPSA) is 64.5 Å². The van der Waals surface area contributed by atoms with Gasteiger partial charge in [0.15, 0.2) is 17.5 Å². The maximum atomic E-state index is 5.31. The molecule has 0 saturated heterocycles. The minimum atomic E-state index is 0.515. The summed E-state index contributed by atoms with van der Waals surface area (Å²) < 4.78 is 0. The van der Waals surface area contributed by atoms with Crippen LogP contribution < -0.4 is 0 Å². The molecule has 0 atom stereocenters. The molecule has 0 aliphatic rings. The maximum Gasteiger partial charge on any atom is 0.183 e. The predicted octanol–water partition coefficient (Wildman–Crippen LogP) is 12.2. The Morgan fingerprint density at radius 2 is 0.833 bits per heavy atom. The van der Waals surface area contributed by atoms with E-state index >= 15 is 0 Å². The lowest BCUT2D eigenvalue weighted by molar-refractivity contribution is 1.06. The Morgan fingerprint density at radius 1 is 0.315 bits per heavy atom. The van der Waals surface area contributed by atoms with E-state index in [1.165, 1.54) is 16.2 Å². The second-order valence-electron chi connectivity index (χ2n) is 13.7. The van der Waals surface area contributed by atoms with Crippen LogP contribution >= 0.6 is 0 Å². The van der Waals surface area contributed by atoms with Crippen molar-refractivity contribution in [3.63, 3.8) is 0 Å².